The Labute approximate surface area is 295 Å². The van der Waals surface area contributed by atoms with Crippen LogP contribution in [0.15, 0.2) is 197 Å². The molecule has 0 radical (unpaired) electrons. The van der Waals surface area contributed by atoms with Gasteiger partial charge in [0.25, 0.3) is 0 Å². The van der Waals surface area contributed by atoms with E-state index in [1.54, 1.807) is 0 Å². The summed E-state index contributed by atoms with van der Waals surface area (Å²) >= 11 is 0. The van der Waals surface area contributed by atoms with E-state index in [4.69, 9.17) is 8.83 Å². The molecule has 0 unspecified atom stereocenters. The van der Waals surface area contributed by atoms with Crippen molar-refractivity contribution in [1.29, 1.82) is 0 Å². The van der Waals surface area contributed by atoms with Crippen LogP contribution in [0.25, 0.3) is 77.3 Å². The van der Waals surface area contributed by atoms with Gasteiger partial charge in [0.15, 0.2) is 0 Å². The van der Waals surface area contributed by atoms with Crippen LogP contribution in [0.5, 0.6) is 0 Å². The molecular formula is C48H31NO2. The number of benzene rings is 8. The predicted molar refractivity (Wildman–Crippen MR) is 212 cm³/mol. The van der Waals surface area contributed by atoms with Gasteiger partial charge in [-0.05, 0) is 100 Å². The molecule has 8 aromatic carbocycles. The smallest absolute Gasteiger partial charge is 0.143 e. The van der Waals surface area contributed by atoms with Crippen molar-refractivity contribution in [3.8, 4) is 33.6 Å². The summed E-state index contributed by atoms with van der Waals surface area (Å²) in [5.41, 5.74) is 11.5. The minimum Gasteiger partial charge on any atom is -0.456 e. The van der Waals surface area contributed by atoms with Crippen molar-refractivity contribution in [1.82, 2.24) is 0 Å². The lowest BCUT2D eigenvalue weighted by atomic mass is 10.0. The van der Waals surface area contributed by atoms with E-state index in [-0.39, 0.29) is 0 Å². The summed E-state index contributed by atoms with van der Waals surface area (Å²) in [5, 5.41) is 5.85. The molecule has 0 aliphatic rings. The van der Waals surface area contributed by atoms with Crippen molar-refractivity contribution >= 4 is 60.7 Å². The molecule has 2 heterocycles. The Kier molecular flexibility index (Phi) is 6.81. The molecule has 2 aromatic heterocycles. The van der Waals surface area contributed by atoms with Gasteiger partial charge in [-0.25, -0.2) is 0 Å². The topological polar surface area (TPSA) is 29.5 Å². The van der Waals surface area contributed by atoms with Gasteiger partial charge in [0.1, 0.15) is 22.5 Å². The summed E-state index contributed by atoms with van der Waals surface area (Å²) in [4.78, 5) is 2.30. The summed E-state index contributed by atoms with van der Waals surface area (Å²) in [7, 11) is 0. The highest BCUT2D eigenvalue weighted by Gasteiger charge is 2.16. The van der Waals surface area contributed by atoms with Crippen LogP contribution >= 0.6 is 0 Å². The van der Waals surface area contributed by atoms with Gasteiger partial charge in [0.2, 0.25) is 0 Å². The first-order valence-corrected chi connectivity index (χ1v) is 17.2. The molecule has 0 bridgehead atoms. The maximum atomic E-state index is 6.37. The van der Waals surface area contributed by atoms with Gasteiger partial charge in [0, 0.05) is 44.3 Å². The van der Waals surface area contributed by atoms with Crippen LogP contribution in [-0.4, -0.2) is 0 Å². The van der Waals surface area contributed by atoms with E-state index < -0.39 is 0 Å². The highest BCUT2D eigenvalue weighted by atomic mass is 16.3. The molecule has 0 aliphatic carbocycles. The van der Waals surface area contributed by atoms with E-state index in [2.05, 4.69) is 163 Å². The van der Waals surface area contributed by atoms with Crippen molar-refractivity contribution < 1.29 is 8.83 Å². The molecule has 0 N–H and O–H groups in total. The Hall–Kier alpha value is -6.84. The Morgan fingerprint density at radius 2 is 0.902 bits per heavy atom. The average molecular weight is 654 g/mol. The molecular weight excluding hydrogens is 623 g/mol. The van der Waals surface area contributed by atoms with Gasteiger partial charge < -0.3 is 13.7 Å². The number of fused-ring (bicyclic) bond motifs is 5. The Balaban J connectivity index is 1.04. The molecule has 3 nitrogen and oxygen atoms in total. The van der Waals surface area contributed by atoms with Gasteiger partial charge in [-0.3, -0.25) is 0 Å². The molecule has 10 aromatic rings. The Morgan fingerprint density at radius 1 is 0.333 bits per heavy atom. The minimum absolute atomic E-state index is 0.859. The zero-order valence-corrected chi connectivity index (χ0v) is 27.7. The first kappa shape index (κ1) is 29.1. The molecule has 0 spiro atoms. The van der Waals surface area contributed by atoms with Gasteiger partial charge in [-0.1, -0.05) is 115 Å². The van der Waals surface area contributed by atoms with E-state index >= 15 is 0 Å². The summed E-state index contributed by atoms with van der Waals surface area (Å²) in [6.07, 6.45) is 0. The van der Waals surface area contributed by atoms with Crippen LogP contribution in [0.4, 0.5) is 17.1 Å². The number of hydrogen-bond acceptors (Lipinski definition) is 3. The summed E-state index contributed by atoms with van der Waals surface area (Å²) in [5.74, 6) is 0.859. The fourth-order valence-corrected chi connectivity index (χ4v) is 7.28. The fraction of sp³-hybridized carbons (Fsp3) is 0. The lowest BCUT2D eigenvalue weighted by molar-refractivity contribution is 0.631. The number of para-hydroxylation sites is 3. The maximum absolute atomic E-state index is 6.37. The van der Waals surface area contributed by atoms with Gasteiger partial charge >= 0.3 is 0 Å². The molecule has 3 heteroatoms. The second kappa shape index (κ2) is 11.9. The first-order valence-electron chi connectivity index (χ1n) is 17.2. The highest BCUT2D eigenvalue weighted by Crippen LogP contribution is 2.40. The predicted octanol–water partition coefficient (Wildman–Crippen LogP) is 14.0. The standard InChI is InChI=1S/C48H31NO2/c1-2-9-36-30-37(17-16-32(36)8-1)33-18-24-39(25-19-33)49(41-28-22-35(23-29-41)47-31-38-10-3-5-14-45(38)50-47)40-26-20-34(21-27-40)42-12-7-13-44-43-11-4-6-15-46(43)51-48(42)44/h1-31H. The number of anilines is 3. The summed E-state index contributed by atoms with van der Waals surface area (Å²) < 4.78 is 12.6. The zero-order valence-electron chi connectivity index (χ0n) is 27.7. The second-order valence-corrected chi connectivity index (χ2v) is 13.0. The van der Waals surface area contributed by atoms with Crippen LogP contribution in [0.3, 0.4) is 0 Å². The van der Waals surface area contributed by atoms with Crippen LogP contribution in [0.1, 0.15) is 0 Å². The number of nitrogens with zero attached hydrogens (tertiary/aromatic N) is 1. The molecule has 51 heavy (non-hydrogen) atoms. The van der Waals surface area contributed by atoms with Crippen LogP contribution in [-0.2, 0) is 0 Å². The van der Waals surface area contributed by atoms with E-state index in [0.29, 0.717) is 0 Å². The highest BCUT2D eigenvalue weighted by molar-refractivity contribution is 6.09. The Bertz CT molecular complexity index is 2810. The number of hydrogen-bond donors (Lipinski definition) is 0. The molecule has 0 fully saturated rings. The average Bonchev–Trinajstić information content (AvgIpc) is 3.81. The van der Waals surface area contributed by atoms with Crippen molar-refractivity contribution in [3.05, 3.63) is 188 Å². The van der Waals surface area contributed by atoms with Gasteiger partial charge in [-0.15, -0.1) is 0 Å². The Morgan fingerprint density at radius 3 is 1.63 bits per heavy atom. The second-order valence-electron chi connectivity index (χ2n) is 13.0. The number of furan rings is 2. The third-order valence-corrected chi connectivity index (χ3v) is 9.88. The lowest BCUT2D eigenvalue weighted by Crippen LogP contribution is -2.09. The summed E-state index contributed by atoms with van der Waals surface area (Å²) in [6.45, 7) is 0. The van der Waals surface area contributed by atoms with Gasteiger partial charge in [-0.2, -0.15) is 0 Å². The first-order chi connectivity index (χ1) is 25.2. The summed E-state index contributed by atoms with van der Waals surface area (Å²) in [6, 6.07) is 66.3. The molecule has 0 saturated carbocycles. The molecule has 0 atom stereocenters. The molecule has 0 saturated heterocycles. The van der Waals surface area contributed by atoms with Gasteiger partial charge in [0.05, 0.1) is 0 Å². The number of rotatable bonds is 6. The van der Waals surface area contributed by atoms with E-state index in [0.717, 1.165) is 72.4 Å². The molecule has 240 valence electrons. The molecule has 0 amide bonds. The monoisotopic (exact) mass is 653 g/mol. The quantitative estimate of drug-likeness (QED) is 0.179. The normalized spacial score (nSPS) is 11.5. The van der Waals surface area contributed by atoms with Crippen molar-refractivity contribution in [3.63, 3.8) is 0 Å². The lowest BCUT2D eigenvalue weighted by Gasteiger charge is -2.26. The van der Waals surface area contributed by atoms with E-state index in [1.807, 2.05) is 30.3 Å². The van der Waals surface area contributed by atoms with E-state index in [9.17, 15) is 0 Å². The third-order valence-electron chi connectivity index (χ3n) is 9.88. The van der Waals surface area contributed by atoms with Crippen LogP contribution in [0, 0.1) is 0 Å². The minimum atomic E-state index is 0.859. The van der Waals surface area contributed by atoms with Crippen molar-refractivity contribution in [2.45, 2.75) is 0 Å². The maximum Gasteiger partial charge on any atom is 0.143 e. The third kappa shape index (κ3) is 5.15. The van der Waals surface area contributed by atoms with Crippen molar-refractivity contribution in [2.24, 2.45) is 0 Å². The molecule has 0 aliphatic heterocycles. The van der Waals surface area contributed by atoms with Crippen LogP contribution in [0.2, 0.25) is 0 Å². The SMILES string of the molecule is c1ccc2cc(-c3ccc(N(c4ccc(-c5cc6ccccc6o5)cc4)c4ccc(-c5cccc6c5oc5ccccc56)cc4)cc3)ccc2c1. The largest absolute Gasteiger partial charge is 0.456 e. The fourth-order valence-electron chi connectivity index (χ4n) is 7.28. The molecule has 10 rings (SSSR count). The van der Waals surface area contributed by atoms with Crippen molar-refractivity contribution in [2.75, 3.05) is 4.90 Å². The zero-order chi connectivity index (χ0) is 33.7. The van der Waals surface area contributed by atoms with Crippen LogP contribution < -0.4 is 4.90 Å². The van der Waals surface area contributed by atoms with E-state index in [1.165, 1.54) is 21.9 Å².